The highest BCUT2D eigenvalue weighted by molar-refractivity contribution is 7.86. The molecule has 6 heteroatoms. The molecule has 0 unspecified atom stereocenters. The number of nitrogens with two attached hydrogens (primary N) is 1. The Hall–Kier alpha value is -0.430. The zero-order valence-corrected chi connectivity index (χ0v) is 9.46. The molecule has 0 fully saturated rings. The van der Waals surface area contributed by atoms with Gasteiger partial charge in [0.2, 0.25) is 0 Å². The summed E-state index contributed by atoms with van der Waals surface area (Å²) in [6.45, 7) is 5.93. The third kappa shape index (κ3) is 4.71. The van der Waals surface area contributed by atoms with Crippen LogP contribution in [0.3, 0.4) is 0 Å². The predicted molar refractivity (Wildman–Crippen MR) is 56.0 cm³/mol. The minimum Gasteiger partial charge on any atom is -0.383 e. The predicted octanol–water partition coefficient (Wildman–Crippen LogP) is 0.103. The average molecular weight is 222 g/mol. The highest BCUT2D eigenvalue weighted by Gasteiger charge is 2.22. The third-order valence-electron chi connectivity index (χ3n) is 1.84. The first-order valence-corrected chi connectivity index (χ1v) is 5.83. The van der Waals surface area contributed by atoms with E-state index in [4.69, 9.17) is 9.88 Å². The number of rotatable bonds is 7. The van der Waals surface area contributed by atoms with Crippen LogP contribution >= 0.6 is 0 Å². The maximum absolute atomic E-state index is 11.2. The highest BCUT2D eigenvalue weighted by atomic mass is 32.2. The quantitative estimate of drug-likeness (QED) is 0.621. The molecule has 0 aromatic rings. The van der Waals surface area contributed by atoms with Gasteiger partial charge in [-0.05, 0) is 13.3 Å². The maximum atomic E-state index is 11.2. The molecule has 14 heavy (non-hydrogen) atoms. The van der Waals surface area contributed by atoms with Crippen LogP contribution in [0.25, 0.3) is 0 Å². The van der Waals surface area contributed by atoms with Crippen molar-refractivity contribution in [3.63, 3.8) is 0 Å². The number of nitrogens with zero attached hydrogens (tertiary/aromatic N) is 1. The van der Waals surface area contributed by atoms with Gasteiger partial charge in [-0.3, -0.25) is 0 Å². The van der Waals surface area contributed by atoms with Crippen LogP contribution in [-0.2, 0) is 14.9 Å². The summed E-state index contributed by atoms with van der Waals surface area (Å²) in [6.07, 6.45) is 2.23. The fourth-order valence-electron chi connectivity index (χ4n) is 1.14. The van der Waals surface area contributed by atoms with Crippen LogP contribution < -0.4 is 5.14 Å². The SMILES string of the molecule is C=CC[C@H](C)N(CCOC)S(N)(=O)=O. The van der Waals surface area contributed by atoms with E-state index in [9.17, 15) is 8.42 Å². The Morgan fingerprint density at radius 1 is 1.64 bits per heavy atom. The zero-order chi connectivity index (χ0) is 11.2. The molecule has 2 N–H and O–H groups in total. The lowest BCUT2D eigenvalue weighted by atomic mass is 10.2. The molecule has 0 aromatic heterocycles. The first kappa shape index (κ1) is 13.6. The van der Waals surface area contributed by atoms with Crippen LogP contribution in [0.1, 0.15) is 13.3 Å². The summed E-state index contributed by atoms with van der Waals surface area (Å²) in [4.78, 5) is 0. The summed E-state index contributed by atoms with van der Waals surface area (Å²) in [5.74, 6) is 0. The summed E-state index contributed by atoms with van der Waals surface area (Å²) in [6, 6.07) is -0.183. The third-order valence-corrected chi connectivity index (χ3v) is 3.04. The van der Waals surface area contributed by atoms with E-state index in [-0.39, 0.29) is 12.6 Å². The second-order valence-electron chi connectivity index (χ2n) is 3.02. The van der Waals surface area contributed by atoms with Crippen LogP contribution in [0.15, 0.2) is 12.7 Å². The lowest BCUT2D eigenvalue weighted by molar-refractivity contribution is 0.168. The van der Waals surface area contributed by atoms with Crippen molar-refractivity contribution in [1.82, 2.24) is 4.31 Å². The summed E-state index contributed by atoms with van der Waals surface area (Å²) in [5.41, 5.74) is 0. The molecule has 0 aliphatic rings. The number of methoxy groups -OCH3 is 1. The van der Waals surface area contributed by atoms with E-state index in [0.29, 0.717) is 13.0 Å². The number of ether oxygens (including phenoxy) is 1. The van der Waals surface area contributed by atoms with Crippen LogP contribution in [0.4, 0.5) is 0 Å². The van der Waals surface area contributed by atoms with E-state index in [0.717, 1.165) is 0 Å². The van der Waals surface area contributed by atoms with E-state index in [1.54, 1.807) is 13.0 Å². The van der Waals surface area contributed by atoms with Crippen LogP contribution in [0.5, 0.6) is 0 Å². The molecule has 0 aliphatic heterocycles. The lowest BCUT2D eigenvalue weighted by Gasteiger charge is -2.24. The number of hydrogen-bond donors (Lipinski definition) is 1. The largest absolute Gasteiger partial charge is 0.383 e. The van der Waals surface area contributed by atoms with Crippen molar-refractivity contribution in [2.24, 2.45) is 5.14 Å². The average Bonchev–Trinajstić information content (AvgIpc) is 2.03. The molecule has 0 radical (unpaired) electrons. The van der Waals surface area contributed by atoms with Gasteiger partial charge in [0.25, 0.3) is 10.2 Å². The normalized spacial score (nSPS) is 14.3. The minimum atomic E-state index is -3.65. The van der Waals surface area contributed by atoms with E-state index in [1.807, 2.05) is 0 Å². The molecule has 0 aliphatic carbocycles. The fourth-order valence-corrected chi connectivity index (χ4v) is 2.06. The van der Waals surface area contributed by atoms with Gasteiger partial charge in [-0.1, -0.05) is 6.08 Å². The molecule has 0 saturated heterocycles. The summed E-state index contributed by atoms with van der Waals surface area (Å²) in [7, 11) is -2.14. The summed E-state index contributed by atoms with van der Waals surface area (Å²) >= 11 is 0. The smallest absolute Gasteiger partial charge is 0.277 e. The van der Waals surface area contributed by atoms with Crippen LogP contribution in [0.2, 0.25) is 0 Å². The van der Waals surface area contributed by atoms with E-state index in [2.05, 4.69) is 6.58 Å². The molecule has 0 amide bonds. The Morgan fingerprint density at radius 3 is 2.57 bits per heavy atom. The monoisotopic (exact) mass is 222 g/mol. The van der Waals surface area contributed by atoms with Gasteiger partial charge in [0.1, 0.15) is 0 Å². The van der Waals surface area contributed by atoms with Gasteiger partial charge >= 0.3 is 0 Å². The zero-order valence-electron chi connectivity index (χ0n) is 8.64. The van der Waals surface area contributed by atoms with Crippen molar-refractivity contribution in [1.29, 1.82) is 0 Å². The van der Waals surface area contributed by atoms with Gasteiger partial charge in [0.15, 0.2) is 0 Å². The molecule has 5 nitrogen and oxygen atoms in total. The molecule has 0 spiro atoms. The lowest BCUT2D eigenvalue weighted by Crippen LogP contribution is -2.44. The molecule has 0 aromatic carbocycles. The van der Waals surface area contributed by atoms with Crippen LogP contribution in [0, 0.1) is 0 Å². The van der Waals surface area contributed by atoms with Gasteiger partial charge < -0.3 is 4.74 Å². The van der Waals surface area contributed by atoms with Gasteiger partial charge in [0, 0.05) is 19.7 Å². The topological polar surface area (TPSA) is 72.6 Å². The summed E-state index contributed by atoms with van der Waals surface area (Å²) < 4.78 is 28.3. The Balaban J connectivity index is 4.46. The molecule has 0 heterocycles. The molecule has 84 valence electrons. The van der Waals surface area contributed by atoms with E-state index in [1.165, 1.54) is 11.4 Å². The van der Waals surface area contributed by atoms with Crippen molar-refractivity contribution in [2.45, 2.75) is 19.4 Å². The van der Waals surface area contributed by atoms with E-state index >= 15 is 0 Å². The maximum Gasteiger partial charge on any atom is 0.277 e. The van der Waals surface area contributed by atoms with Gasteiger partial charge in [0.05, 0.1) is 6.61 Å². The Morgan fingerprint density at radius 2 is 2.21 bits per heavy atom. The first-order chi connectivity index (χ1) is 6.43. The standard InChI is InChI=1S/C8H18N2O3S/c1-4-5-8(2)10(6-7-13-3)14(9,11)12/h4,8H,1,5-7H2,2-3H3,(H2,9,11,12)/t8-/m0/s1. The molecule has 1 atom stereocenters. The number of hydrogen-bond acceptors (Lipinski definition) is 3. The highest BCUT2D eigenvalue weighted by Crippen LogP contribution is 2.07. The van der Waals surface area contributed by atoms with Gasteiger partial charge in [-0.2, -0.15) is 12.7 Å². The molecule has 0 bridgehead atoms. The van der Waals surface area contributed by atoms with E-state index < -0.39 is 10.2 Å². The van der Waals surface area contributed by atoms with Crippen molar-refractivity contribution >= 4 is 10.2 Å². The molecular weight excluding hydrogens is 204 g/mol. The van der Waals surface area contributed by atoms with Crippen molar-refractivity contribution in [3.8, 4) is 0 Å². The molecule has 0 saturated carbocycles. The Kier molecular flexibility index (Phi) is 5.94. The van der Waals surface area contributed by atoms with Gasteiger partial charge in [-0.15, -0.1) is 6.58 Å². The Labute approximate surface area is 85.7 Å². The van der Waals surface area contributed by atoms with Crippen molar-refractivity contribution in [3.05, 3.63) is 12.7 Å². The minimum absolute atomic E-state index is 0.183. The second kappa shape index (κ2) is 6.13. The fraction of sp³-hybridized carbons (Fsp3) is 0.750. The van der Waals surface area contributed by atoms with Crippen LogP contribution in [-0.4, -0.2) is 39.0 Å². The summed E-state index contributed by atoms with van der Waals surface area (Å²) in [5, 5.41) is 5.06. The van der Waals surface area contributed by atoms with Gasteiger partial charge in [-0.25, -0.2) is 5.14 Å². The molecular formula is C8H18N2O3S. The first-order valence-electron chi connectivity index (χ1n) is 4.33. The van der Waals surface area contributed by atoms with Crippen molar-refractivity contribution < 1.29 is 13.2 Å². The Bertz CT molecular complexity index is 264. The molecule has 0 rings (SSSR count). The van der Waals surface area contributed by atoms with Crippen molar-refractivity contribution in [2.75, 3.05) is 20.3 Å². The second-order valence-corrected chi connectivity index (χ2v) is 4.52.